The molecule has 3 heterocycles. The van der Waals surface area contributed by atoms with Gasteiger partial charge >= 0.3 is 12.2 Å². The zero-order valence-corrected chi connectivity index (χ0v) is 16.3. The number of fused-ring (bicyclic) bond motifs is 1. The minimum absolute atomic E-state index is 0.156. The highest BCUT2D eigenvalue weighted by Gasteiger charge is 2.38. The van der Waals surface area contributed by atoms with Crippen molar-refractivity contribution in [3.05, 3.63) is 72.2 Å². The second-order valence-electron chi connectivity index (χ2n) is 6.71. The molecule has 0 radical (unpaired) electrons. The number of hydrogen-bond donors (Lipinski definition) is 1. The molecule has 10 heteroatoms. The van der Waals surface area contributed by atoms with E-state index in [0.29, 0.717) is 22.9 Å². The van der Waals surface area contributed by atoms with Crippen LogP contribution in [-0.2, 0) is 17.3 Å². The molecule has 2 amide bonds. The van der Waals surface area contributed by atoms with Gasteiger partial charge < -0.3 is 14.8 Å². The first kappa shape index (κ1) is 20.6. The lowest BCUT2D eigenvalue weighted by atomic mass is 10.1. The number of aromatic nitrogens is 2. The first-order valence-corrected chi connectivity index (χ1v) is 9.22. The van der Waals surface area contributed by atoms with E-state index < -0.39 is 24.0 Å². The van der Waals surface area contributed by atoms with Gasteiger partial charge in [0.1, 0.15) is 12.0 Å². The first-order valence-electron chi connectivity index (χ1n) is 9.22. The lowest BCUT2D eigenvalue weighted by molar-refractivity contribution is -0.137. The quantitative estimate of drug-likeness (QED) is 0.640. The van der Waals surface area contributed by atoms with Gasteiger partial charge in [0, 0.05) is 25.8 Å². The molecular formula is C21H17F3N4O3. The van der Waals surface area contributed by atoms with E-state index in [-0.39, 0.29) is 12.1 Å². The second-order valence-corrected chi connectivity index (χ2v) is 6.71. The van der Waals surface area contributed by atoms with Crippen molar-refractivity contribution in [3.8, 4) is 11.6 Å². The van der Waals surface area contributed by atoms with Crippen molar-refractivity contribution in [2.24, 2.45) is 0 Å². The van der Waals surface area contributed by atoms with E-state index in [1.165, 1.54) is 30.5 Å². The summed E-state index contributed by atoms with van der Waals surface area (Å²) in [5, 5.41) is 2.63. The number of nitrogens with one attached hydrogen (secondary N) is 1. The van der Waals surface area contributed by atoms with Crippen LogP contribution in [0.15, 0.2) is 61.1 Å². The van der Waals surface area contributed by atoms with Gasteiger partial charge in [-0.2, -0.15) is 13.2 Å². The molecule has 0 saturated carbocycles. The van der Waals surface area contributed by atoms with E-state index in [4.69, 9.17) is 9.47 Å². The summed E-state index contributed by atoms with van der Waals surface area (Å²) in [5.41, 5.74) is 0.259. The monoisotopic (exact) mass is 430 g/mol. The third kappa shape index (κ3) is 4.43. The maximum absolute atomic E-state index is 13.1. The molecule has 0 fully saturated rings. The van der Waals surface area contributed by atoms with Gasteiger partial charge in [0.2, 0.25) is 5.88 Å². The molecule has 1 atom stereocenters. The lowest BCUT2D eigenvalue weighted by Gasteiger charge is -2.25. The number of nitrogens with zero attached hydrogens (tertiary/aromatic N) is 3. The molecule has 1 N–H and O–H groups in total. The smallest absolute Gasteiger partial charge is 0.416 e. The standard InChI is InChI=1S/C21H17F3N4O3/c1-30-19-9-13-4-5-14(21(22,23)24)10-17(13)28(19)20(29)27-15-6-7-18(26-11-15)31-16-3-2-8-25-12-16/h2-8,10-12,19H,9H2,1H3,(H,27,29). The normalized spacial score (nSPS) is 15.5. The molecule has 0 saturated heterocycles. The van der Waals surface area contributed by atoms with E-state index >= 15 is 0 Å². The second kappa shape index (κ2) is 8.23. The van der Waals surface area contributed by atoms with Crippen molar-refractivity contribution in [3.63, 3.8) is 0 Å². The van der Waals surface area contributed by atoms with Crippen LogP contribution < -0.4 is 15.0 Å². The van der Waals surface area contributed by atoms with Crippen LogP contribution in [0.4, 0.5) is 29.3 Å². The fourth-order valence-corrected chi connectivity index (χ4v) is 3.23. The van der Waals surface area contributed by atoms with E-state index in [0.717, 1.165) is 12.1 Å². The predicted octanol–water partition coefficient (Wildman–Crippen LogP) is 4.85. The Bertz CT molecular complexity index is 1080. The third-order valence-electron chi connectivity index (χ3n) is 4.69. The number of carbonyl (C=O) groups is 1. The predicted molar refractivity (Wildman–Crippen MR) is 106 cm³/mol. The zero-order chi connectivity index (χ0) is 22.0. The summed E-state index contributed by atoms with van der Waals surface area (Å²) in [6.07, 6.45) is -0.430. The summed E-state index contributed by atoms with van der Waals surface area (Å²) in [5.74, 6) is 0.797. The highest BCUT2D eigenvalue weighted by atomic mass is 19.4. The summed E-state index contributed by atoms with van der Waals surface area (Å²) in [6, 6.07) is 9.24. The van der Waals surface area contributed by atoms with Crippen LogP contribution in [0.25, 0.3) is 0 Å². The number of benzene rings is 1. The molecule has 7 nitrogen and oxygen atoms in total. The van der Waals surface area contributed by atoms with Crippen molar-refractivity contribution in [2.75, 3.05) is 17.3 Å². The molecule has 2 aromatic heterocycles. The van der Waals surface area contributed by atoms with E-state index in [9.17, 15) is 18.0 Å². The van der Waals surface area contributed by atoms with Crippen LogP contribution in [0.1, 0.15) is 11.1 Å². The van der Waals surface area contributed by atoms with Crippen LogP contribution >= 0.6 is 0 Å². The molecule has 1 aromatic carbocycles. The number of pyridine rings is 2. The average Bonchev–Trinajstić information content (AvgIpc) is 3.13. The molecule has 1 aliphatic rings. The van der Waals surface area contributed by atoms with Gasteiger partial charge in [-0.3, -0.25) is 9.88 Å². The largest absolute Gasteiger partial charge is 0.437 e. The van der Waals surface area contributed by atoms with Crippen molar-refractivity contribution in [1.29, 1.82) is 0 Å². The van der Waals surface area contributed by atoms with E-state index in [1.54, 1.807) is 30.5 Å². The van der Waals surface area contributed by atoms with Gasteiger partial charge in [-0.05, 0) is 35.9 Å². The van der Waals surface area contributed by atoms with E-state index in [2.05, 4.69) is 15.3 Å². The van der Waals surface area contributed by atoms with Gasteiger partial charge in [-0.15, -0.1) is 0 Å². The number of ether oxygens (including phenoxy) is 2. The third-order valence-corrected chi connectivity index (χ3v) is 4.69. The molecular weight excluding hydrogens is 413 g/mol. The Balaban J connectivity index is 1.51. The van der Waals surface area contributed by atoms with Crippen molar-refractivity contribution in [2.45, 2.75) is 18.8 Å². The van der Waals surface area contributed by atoms with Gasteiger partial charge in [0.15, 0.2) is 0 Å². The van der Waals surface area contributed by atoms with Crippen LogP contribution in [0, 0.1) is 0 Å². The van der Waals surface area contributed by atoms with Crippen LogP contribution in [0.3, 0.4) is 0 Å². The lowest BCUT2D eigenvalue weighted by Crippen LogP contribution is -2.41. The minimum Gasteiger partial charge on any atom is -0.437 e. The Labute approximate surface area is 175 Å². The topological polar surface area (TPSA) is 76.6 Å². The Morgan fingerprint density at radius 1 is 1.19 bits per heavy atom. The highest BCUT2D eigenvalue weighted by Crippen LogP contribution is 2.38. The molecule has 3 aromatic rings. The van der Waals surface area contributed by atoms with Crippen molar-refractivity contribution >= 4 is 17.4 Å². The Hall–Kier alpha value is -3.66. The fourth-order valence-electron chi connectivity index (χ4n) is 3.23. The molecule has 4 rings (SSSR count). The average molecular weight is 430 g/mol. The first-order chi connectivity index (χ1) is 14.8. The van der Waals surface area contributed by atoms with Gasteiger partial charge in [-0.1, -0.05) is 6.07 Å². The number of urea groups is 1. The summed E-state index contributed by atoms with van der Waals surface area (Å²) < 4.78 is 50.2. The van der Waals surface area contributed by atoms with Gasteiger partial charge in [-0.25, -0.2) is 9.78 Å². The number of rotatable bonds is 4. The summed E-state index contributed by atoms with van der Waals surface area (Å²) >= 11 is 0. The number of carbonyl (C=O) groups excluding carboxylic acids is 1. The number of methoxy groups -OCH3 is 1. The maximum Gasteiger partial charge on any atom is 0.416 e. The Morgan fingerprint density at radius 3 is 2.68 bits per heavy atom. The van der Waals surface area contributed by atoms with E-state index in [1.807, 2.05) is 0 Å². The molecule has 31 heavy (non-hydrogen) atoms. The molecule has 0 spiro atoms. The number of anilines is 2. The Morgan fingerprint density at radius 2 is 2.03 bits per heavy atom. The summed E-state index contributed by atoms with van der Waals surface area (Å²) in [6.45, 7) is 0. The number of hydrogen-bond acceptors (Lipinski definition) is 5. The van der Waals surface area contributed by atoms with Crippen LogP contribution in [0.2, 0.25) is 0 Å². The summed E-state index contributed by atoms with van der Waals surface area (Å²) in [4.78, 5) is 22.1. The van der Waals surface area contributed by atoms with Crippen LogP contribution in [0.5, 0.6) is 11.6 Å². The minimum atomic E-state index is -4.52. The number of amides is 2. The fraction of sp³-hybridized carbons (Fsp3) is 0.190. The summed E-state index contributed by atoms with van der Waals surface area (Å²) in [7, 11) is 1.40. The molecule has 160 valence electrons. The maximum atomic E-state index is 13.1. The number of alkyl halides is 3. The zero-order valence-electron chi connectivity index (χ0n) is 16.3. The molecule has 1 aliphatic heterocycles. The van der Waals surface area contributed by atoms with Crippen molar-refractivity contribution < 1.29 is 27.4 Å². The molecule has 0 bridgehead atoms. The van der Waals surface area contributed by atoms with Gasteiger partial charge in [0.05, 0.1) is 29.3 Å². The van der Waals surface area contributed by atoms with Crippen LogP contribution in [-0.4, -0.2) is 29.3 Å². The molecule has 1 unspecified atom stereocenters. The highest BCUT2D eigenvalue weighted by molar-refractivity contribution is 6.03. The number of halogens is 3. The van der Waals surface area contributed by atoms with Crippen molar-refractivity contribution in [1.82, 2.24) is 9.97 Å². The van der Waals surface area contributed by atoms with Gasteiger partial charge in [0.25, 0.3) is 0 Å². The molecule has 0 aliphatic carbocycles. The SMILES string of the molecule is COC1Cc2ccc(C(F)(F)F)cc2N1C(=O)Nc1ccc(Oc2cccnc2)nc1. The Kier molecular flexibility index (Phi) is 5.47.